The largest absolute Gasteiger partial charge is 0.493 e. The second kappa shape index (κ2) is 13.5. The van der Waals surface area contributed by atoms with Gasteiger partial charge in [-0.1, -0.05) is 23.7 Å². The molecule has 7 nitrogen and oxygen atoms in total. The molecule has 0 saturated heterocycles. The quantitative estimate of drug-likeness (QED) is 0.274. The van der Waals surface area contributed by atoms with Gasteiger partial charge in [-0.15, -0.1) is 24.0 Å². The SMILES string of the molecule is CN=C(NCc1cc(OC)c(OC)c(OC)c1)NCC(c1ccc(Cl)cc1)N(C)C.I. The van der Waals surface area contributed by atoms with Crippen molar-refractivity contribution in [2.24, 2.45) is 4.99 Å². The molecule has 2 rings (SSSR count). The summed E-state index contributed by atoms with van der Waals surface area (Å²) in [5, 5.41) is 7.45. The third kappa shape index (κ3) is 7.62. The molecular weight excluding hydrogens is 531 g/mol. The fraction of sp³-hybridized carbons (Fsp3) is 0.409. The zero-order valence-electron chi connectivity index (χ0n) is 18.9. The van der Waals surface area contributed by atoms with Crippen molar-refractivity contribution in [3.63, 3.8) is 0 Å². The number of methoxy groups -OCH3 is 3. The number of hydrogen-bond acceptors (Lipinski definition) is 5. The smallest absolute Gasteiger partial charge is 0.203 e. The molecule has 0 radical (unpaired) electrons. The van der Waals surface area contributed by atoms with Gasteiger partial charge in [0.2, 0.25) is 5.75 Å². The van der Waals surface area contributed by atoms with Gasteiger partial charge < -0.3 is 29.7 Å². The maximum atomic E-state index is 6.02. The van der Waals surface area contributed by atoms with Crippen LogP contribution in [0.2, 0.25) is 5.02 Å². The van der Waals surface area contributed by atoms with Gasteiger partial charge in [0.05, 0.1) is 27.4 Å². The molecular formula is C22H32ClIN4O3. The normalized spacial score (nSPS) is 12.1. The lowest BCUT2D eigenvalue weighted by molar-refractivity contribution is 0.298. The van der Waals surface area contributed by atoms with Gasteiger partial charge in [0.25, 0.3) is 0 Å². The highest BCUT2D eigenvalue weighted by molar-refractivity contribution is 14.0. The van der Waals surface area contributed by atoms with Crippen LogP contribution in [0.5, 0.6) is 17.2 Å². The van der Waals surface area contributed by atoms with Crippen LogP contribution < -0.4 is 24.8 Å². The second-order valence-electron chi connectivity index (χ2n) is 6.87. The first kappa shape index (κ1) is 27.1. The number of rotatable bonds is 9. The first-order chi connectivity index (χ1) is 14.4. The van der Waals surface area contributed by atoms with Crippen LogP contribution in [0.25, 0.3) is 0 Å². The Labute approximate surface area is 207 Å². The predicted octanol–water partition coefficient (Wildman–Crippen LogP) is 3.95. The van der Waals surface area contributed by atoms with E-state index in [-0.39, 0.29) is 30.0 Å². The number of nitrogens with one attached hydrogen (secondary N) is 2. The number of ether oxygens (including phenoxy) is 3. The highest BCUT2D eigenvalue weighted by Crippen LogP contribution is 2.38. The van der Waals surface area contributed by atoms with E-state index in [1.54, 1.807) is 28.4 Å². The fourth-order valence-electron chi connectivity index (χ4n) is 3.12. The van der Waals surface area contributed by atoms with Gasteiger partial charge in [0, 0.05) is 25.2 Å². The minimum absolute atomic E-state index is 0. The topological polar surface area (TPSA) is 67.4 Å². The lowest BCUT2D eigenvalue weighted by Crippen LogP contribution is -2.41. The van der Waals surface area contributed by atoms with Crippen molar-refractivity contribution in [1.82, 2.24) is 15.5 Å². The van der Waals surface area contributed by atoms with E-state index in [0.717, 1.165) is 10.6 Å². The molecule has 0 heterocycles. The van der Waals surface area contributed by atoms with Crippen LogP contribution >= 0.6 is 35.6 Å². The number of hydrogen-bond donors (Lipinski definition) is 2. The molecule has 0 saturated carbocycles. The number of benzene rings is 2. The third-order valence-electron chi connectivity index (χ3n) is 4.75. The summed E-state index contributed by atoms with van der Waals surface area (Å²) < 4.78 is 16.2. The molecule has 172 valence electrons. The second-order valence-corrected chi connectivity index (χ2v) is 7.31. The van der Waals surface area contributed by atoms with Crippen LogP contribution in [0.1, 0.15) is 17.2 Å². The van der Waals surface area contributed by atoms with Crippen molar-refractivity contribution >= 4 is 41.5 Å². The molecule has 0 bridgehead atoms. The van der Waals surface area contributed by atoms with Gasteiger partial charge in [-0.05, 0) is 49.5 Å². The molecule has 0 fully saturated rings. The summed E-state index contributed by atoms with van der Waals surface area (Å²) >= 11 is 6.02. The average molecular weight is 563 g/mol. The first-order valence-corrected chi connectivity index (χ1v) is 9.96. The molecule has 31 heavy (non-hydrogen) atoms. The van der Waals surface area contributed by atoms with E-state index in [1.807, 2.05) is 50.5 Å². The number of likely N-dealkylation sites (N-methyl/N-ethyl adjacent to an activating group) is 1. The molecule has 2 N–H and O–H groups in total. The fourth-order valence-corrected chi connectivity index (χ4v) is 3.25. The standard InChI is InChI=1S/C22H31ClN4O3.HI/c1-24-22(26-14-18(27(2)3)16-7-9-17(23)10-8-16)25-13-15-11-19(28-4)21(30-6)20(12-15)29-5;/h7-12,18H,13-14H2,1-6H3,(H2,24,25,26);1H. The highest BCUT2D eigenvalue weighted by atomic mass is 127. The molecule has 2 aromatic carbocycles. The van der Waals surface area contributed by atoms with Crippen LogP contribution in [0, 0.1) is 0 Å². The maximum Gasteiger partial charge on any atom is 0.203 e. The average Bonchev–Trinajstić information content (AvgIpc) is 2.75. The van der Waals surface area contributed by atoms with Crippen LogP contribution in [-0.2, 0) is 6.54 Å². The van der Waals surface area contributed by atoms with Crippen molar-refractivity contribution in [1.29, 1.82) is 0 Å². The van der Waals surface area contributed by atoms with E-state index in [1.165, 1.54) is 5.56 Å². The van der Waals surface area contributed by atoms with Crippen LogP contribution in [0.3, 0.4) is 0 Å². The highest BCUT2D eigenvalue weighted by Gasteiger charge is 2.16. The molecule has 2 aromatic rings. The Morgan fingerprint density at radius 3 is 2.03 bits per heavy atom. The number of guanidine groups is 1. The molecule has 9 heteroatoms. The van der Waals surface area contributed by atoms with E-state index < -0.39 is 0 Å². The molecule has 0 aliphatic carbocycles. The number of aliphatic imine (C=N–C) groups is 1. The van der Waals surface area contributed by atoms with E-state index in [4.69, 9.17) is 25.8 Å². The summed E-state index contributed by atoms with van der Waals surface area (Å²) in [5.41, 5.74) is 2.16. The van der Waals surface area contributed by atoms with E-state index in [9.17, 15) is 0 Å². The Balaban J connectivity index is 0.00000480. The molecule has 1 unspecified atom stereocenters. The monoisotopic (exact) mass is 562 g/mol. The molecule has 0 amide bonds. The van der Waals surface area contributed by atoms with Crippen molar-refractivity contribution < 1.29 is 14.2 Å². The van der Waals surface area contributed by atoms with Gasteiger partial charge in [-0.3, -0.25) is 4.99 Å². The Kier molecular flexibility index (Phi) is 11.8. The van der Waals surface area contributed by atoms with E-state index in [2.05, 4.69) is 20.5 Å². The summed E-state index contributed by atoms with van der Waals surface area (Å²) in [5.74, 6) is 2.51. The predicted molar refractivity (Wildman–Crippen MR) is 138 cm³/mol. The maximum absolute atomic E-state index is 6.02. The third-order valence-corrected chi connectivity index (χ3v) is 5.00. The Bertz CT molecular complexity index is 822. The van der Waals surface area contributed by atoms with Gasteiger partial charge in [0.15, 0.2) is 17.5 Å². The Morgan fingerprint density at radius 1 is 1.00 bits per heavy atom. The minimum atomic E-state index is 0. The van der Waals surface area contributed by atoms with E-state index >= 15 is 0 Å². The summed E-state index contributed by atoms with van der Waals surface area (Å²) in [6, 6.07) is 11.9. The summed E-state index contributed by atoms with van der Waals surface area (Å²) in [6.45, 7) is 1.23. The van der Waals surface area contributed by atoms with Gasteiger partial charge >= 0.3 is 0 Å². The van der Waals surface area contributed by atoms with Gasteiger partial charge in [0.1, 0.15) is 0 Å². The minimum Gasteiger partial charge on any atom is -0.493 e. The summed E-state index contributed by atoms with van der Waals surface area (Å²) in [6.07, 6.45) is 0. The molecule has 0 aliphatic rings. The van der Waals surface area contributed by atoms with Crippen molar-refractivity contribution in [2.75, 3.05) is 49.0 Å². The molecule has 1 atom stereocenters. The van der Waals surface area contributed by atoms with Crippen LogP contribution in [0.4, 0.5) is 0 Å². The molecule has 0 spiro atoms. The molecule has 0 aliphatic heterocycles. The van der Waals surface area contributed by atoms with Crippen molar-refractivity contribution in [2.45, 2.75) is 12.6 Å². The number of nitrogens with zero attached hydrogens (tertiary/aromatic N) is 2. The summed E-state index contributed by atoms with van der Waals surface area (Å²) in [7, 11) is 10.6. The van der Waals surface area contributed by atoms with E-state index in [0.29, 0.717) is 36.3 Å². The number of halogens is 2. The van der Waals surface area contributed by atoms with Crippen LogP contribution in [-0.4, -0.2) is 59.9 Å². The van der Waals surface area contributed by atoms with Gasteiger partial charge in [-0.2, -0.15) is 0 Å². The van der Waals surface area contributed by atoms with Crippen molar-refractivity contribution in [3.05, 3.63) is 52.5 Å². The summed E-state index contributed by atoms with van der Waals surface area (Å²) in [4.78, 5) is 6.48. The van der Waals surface area contributed by atoms with Crippen molar-refractivity contribution in [3.8, 4) is 17.2 Å². The lowest BCUT2D eigenvalue weighted by atomic mass is 10.1. The zero-order valence-corrected chi connectivity index (χ0v) is 21.9. The zero-order chi connectivity index (χ0) is 22.1. The van der Waals surface area contributed by atoms with Gasteiger partial charge in [-0.25, -0.2) is 0 Å². The van der Waals surface area contributed by atoms with Crippen LogP contribution in [0.15, 0.2) is 41.4 Å². The Morgan fingerprint density at radius 2 is 1.58 bits per heavy atom. The lowest BCUT2D eigenvalue weighted by Gasteiger charge is -2.26. The molecule has 0 aromatic heterocycles. The first-order valence-electron chi connectivity index (χ1n) is 9.58. The Hall–Kier alpha value is -1.91.